The molecule has 3 N–H and O–H groups in total. The van der Waals surface area contributed by atoms with Crippen molar-refractivity contribution in [2.75, 3.05) is 30.5 Å². The van der Waals surface area contributed by atoms with E-state index in [0.717, 1.165) is 18.9 Å². The number of pyridine rings is 1. The van der Waals surface area contributed by atoms with Crippen molar-refractivity contribution in [3.8, 4) is 0 Å². The maximum atomic E-state index is 13.9. The number of hydrogen-bond donors (Lipinski definition) is 2. The van der Waals surface area contributed by atoms with Gasteiger partial charge < -0.3 is 15.1 Å². The Morgan fingerprint density at radius 3 is 2.84 bits per heavy atom. The predicted octanol–water partition coefficient (Wildman–Crippen LogP) is 1.65. The summed E-state index contributed by atoms with van der Waals surface area (Å²) in [7, 11) is 1.63. The van der Waals surface area contributed by atoms with E-state index in [4.69, 9.17) is 10.6 Å². The van der Waals surface area contributed by atoms with E-state index >= 15 is 0 Å². The summed E-state index contributed by atoms with van der Waals surface area (Å²) in [6.45, 7) is 3.12. The van der Waals surface area contributed by atoms with Crippen LogP contribution in [0.2, 0.25) is 0 Å². The van der Waals surface area contributed by atoms with E-state index in [1.807, 2.05) is 6.92 Å². The quantitative estimate of drug-likeness (QED) is 0.647. The number of piperidine rings is 1. The lowest BCUT2D eigenvalue weighted by Gasteiger charge is -2.40. The Morgan fingerprint density at radius 2 is 2.21 bits per heavy atom. The second-order valence-electron chi connectivity index (χ2n) is 4.95. The molecule has 0 aromatic carbocycles. The summed E-state index contributed by atoms with van der Waals surface area (Å²) in [6, 6.07) is 0.788. The molecule has 1 saturated heterocycles. The van der Waals surface area contributed by atoms with Crippen LogP contribution in [-0.2, 0) is 4.74 Å². The molecule has 0 amide bonds. The highest BCUT2D eigenvalue weighted by molar-refractivity contribution is 5.49. The summed E-state index contributed by atoms with van der Waals surface area (Å²) in [5, 5.41) is 0. The molecule has 2 heterocycles. The summed E-state index contributed by atoms with van der Waals surface area (Å²) in [5.74, 6) is 3.58. The van der Waals surface area contributed by atoms with Gasteiger partial charge in [-0.1, -0.05) is 0 Å². The number of rotatable bonds is 3. The first-order valence-corrected chi connectivity index (χ1v) is 6.12. The molecule has 1 fully saturated rings. The van der Waals surface area contributed by atoms with Gasteiger partial charge >= 0.3 is 0 Å². The summed E-state index contributed by atoms with van der Waals surface area (Å²) < 4.78 is 32.6. The average Bonchev–Trinajstić information content (AvgIpc) is 2.39. The number of hydrazine groups is 1. The molecule has 2 rings (SSSR count). The average molecular weight is 272 g/mol. The first-order chi connectivity index (χ1) is 8.99. The Bertz CT molecular complexity index is 471. The normalized spacial score (nSPS) is 23.5. The Balaban J connectivity index is 2.31. The molecule has 1 aromatic heterocycles. The molecule has 1 aliphatic rings. The van der Waals surface area contributed by atoms with E-state index in [1.54, 1.807) is 12.0 Å². The zero-order chi connectivity index (χ0) is 14.0. The number of hydrogen-bond acceptors (Lipinski definition) is 5. The van der Waals surface area contributed by atoms with Crippen molar-refractivity contribution in [3.63, 3.8) is 0 Å². The third kappa shape index (κ3) is 2.76. The lowest BCUT2D eigenvalue weighted by molar-refractivity contribution is -0.00493. The summed E-state index contributed by atoms with van der Waals surface area (Å²) >= 11 is 0. The van der Waals surface area contributed by atoms with Crippen LogP contribution in [0.5, 0.6) is 0 Å². The van der Waals surface area contributed by atoms with Crippen molar-refractivity contribution in [2.45, 2.75) is 25.4 Å². The topological polar surface area (TPSA) is 63.4 Å². The molecule has 5 nitrogen and oxygen atoms in total. The van der Waals surface area contributed by atoms with Crippen molar-refractivity contribution in [2.24, 2.45) is 5.84 Å². The first-order valence-electron chi connectivity index (χ1n) is 6.12. The van der Waals surface area contributed by atoms with Crippen LogP contribution in [0.15, 0.2) is 6.07 Å². The number of nitrogen functional groups attached to an aromatic ring is 1. The number of methoxy groups -OCH3 is 1. The monoisotopic (exact) mass is 272 g/mol. The zero-order valence-corrected chi connectivity index (χ0v) is 11.0. The molecule has 19 heavy (non-hydrogen) atoms. The summed E-state index contributed by atoms with van der Waals surface area (Å²) in [4.78, 5) is 5.65. The maximum absolute atomic E-state index is 13.9. The van der Waals surface area contributed by atoms with Crippen LogP contribution in [0.4, 0.5) is 20.4 Å². The number of halogens is 2. The molecule has 0 bridgehead atoms. The minimum Gasteiger partial charge on any atom is -0.377 e. The fraction of sp³-hybridized carbons (Fsp3) is 0.583. The standard InChI is InChI=1S/C12H18F2N4O/c1-12(19-2)4-3-5-18(7-12)11-9(14)6-8(13)10(16-11)17-15/h6H,3-5,7,15H2,1-2H3,(H,16,17). The lowest BCUT2D eigenvalue weighted by Crippen LogP contribution is -2.48. The third-order valence-electron chi connectivity index (χ3n) is 3.50. The molecule has 1 aromatic rings. The molecule has 7 heteroatoms. The molecule has 1 aliphatic heterocycles. The Kier molecular flexibility index (Phi) is 3.86. The van der Waals surface area contributed by atoms with E-state index in [9.17, 15) is 8.78 Å². The van der Waals surface area contributed by atoms with Crippen LogP contribution in [0.1, 0.15) is 19.8 Å². The second kappa shape index (κ2) is 5.26. The smallest absolute Gasteiger partial charge is 0.178 e. The van der Waals surface area contributed by atoms with Crippen LogP contribution in [0.3, 0.4) is 0 Å². The van der Waals surface area contributed by atoms with Gasteiger partial charge in [-0.15, -0.1) is 0 Å². The lowest BCUT2D eigenvalue weighted by atomic mass is 9.95. The fourth-order valence-corrected chi connectivity index (χ4v) is 2.33. The van der Waals surface area contributed by atoms with Crippen LogP contribution in [-0.4, -0.2) is 30.8 Å². The summed E-state index contributed by atoms with van der Waals surface area (Å²) in [6.07, 6.45) is 1.75. The van der Waals surface area contributed by atoms with E-state index in [1.165, 1.54) is 0 Å². The van der Waals surface area contributed by atoms with Crippen molar-refractivity contribution < 1.29 is 13.5 Å². The minimum absolute atomic E-state index is 0.0947. The van der Waals surface area contributed by atoms with Crippen molar-refractivity contribution >= 4 is 11.6 Å². The molecule has 0 saturated carbocycles. The molecule has 106 valence electrons. The van der Waals surface area contributed by atoms with Gasteiger partial charge in [-0.3, -0.25) is 0 Å². The highest BCUT2D eigenvalue weighted by Gasteiger charge is 2.32. The fourth-order valence-electron chi connectivity index (χ4n) is 2.33. The number of nitrogens with zero attached hydrogens (tertiary/aromatic N) is 2. The molecule has 0 aliphatic carbocycles. The van der Waals surface area contributed by atoms with Crippen molar-refractivity contribution in [3.05, 3.63) is 17.7 Å². The zero-order valence-electron chi connectivity index (χ0n) is 11.0. The van der Waals surface area contributed by atoms with Gasteiger partial charge in [0.1, 0.15) is 0 Å². The van der Waals surface area contributed by atoms with E-state index in [0.29, 0.717) is 13.1 Å². The molecular weight excluding hydrogens is 254 g/mol. The highest BCUT2D eigenvalue weighted by Crippen LogP contribution is 2.29. The van der Waals surface area contributed by atoms with Gasteiger partial charge in [0.2, 0.25) is 0 Å². The predicted molar refractivity (Wildman–Crippen MR) is 68.8 cm³/mol. The largest absolute Gasteiger partial charge is 0.377 e. The second-order valence-corrected chi connectivity index (χ2v) is 4.95. The molecular formula is C12H18F2N4O. The molecule has 1 unspecified atom stereocenters. The van der Waals surface area contributed by atoms with Crippen LogP contribution < -0.4 is 16.2 Å². The van der Waals surface area contributed by atoms with Crippen LogP contribution >= 0.6 is 0 Å². The number of ether oxygens (including phenoxy) is 1. The van der Waals surface area contributed by atoms with E-state index in [2.05, 4.69) is 10.4 Å². The van der Waals surface area contributed by atoms with Crippen LogP contribution in [0.25, 0.3) is 0 Å². The van der Waals surface area contributed by atoms with Gasteiger partial charge in [0.05, 0.1) is 5.60 Å². The Hall–Kier alpha value is -1.47. The Labute approximate surface area is 110 Å². The molecule has 0 spiro atoms. The van der Waals surface area contributed by atoms with E-state index in [-0.39, 0.29) is 17.2 Å². The van der Waals surface area contributed by atoms with Gasteiger partial charge in [0.25, 0.3) is 0 Å². The number of nitrogens with one attached hydrogen (secondary N) is 1. The van der Waals surface area contributed by atoms with Gasteiger partial charge in [-0.2, -0.15) is 0 Å². The molecule has 0 radical (unpaired) electrons. The van der Waals surface area contributed by atoms with Gasteiger partial charge in [0, 0.05) is 26.3 Å². The van der Waals surface area contributed by atoms with Gasteiger partial charge in [0.15, 0.2) is 23.3 Å². The highest BCUT2D eigenvalue weighted by atomic mass is 19.1. The van der Waals surface area contributed by atoms with E-state index < -0.39 is 11.6 Å². The minimum atomic E-state index is -0.810. The third-order valence-corrected chi connectivity index (χ3v) is 3.50. The van der Waals surface area contributed by atoms with Crippen molar-refractivity contribution in [1.29, 1.82) is 0 Å². The first kappa shape index (κ1) is 14.0. The molecule has 1 atom stereocenters. The van der Waals surface area contributed by atoms with Gasteiger partial charge in [-0.05, 0) is 19.8 Å². The Morgan fingerprint density at radius 1 is 1.47 bits per heavy atom. The number of aromatic nitrogens is 1. The maximum Gasteiger partial charge on any atom is 0.178 e. The van der Waals surface area contributed by atoms with Crippen LogP contribution in [0, 0.1) is 11.6 Å². The summed E-state index contributed by atoms with van der Waals surface area (Å²) in [5.41, 5.74) is 1.78. The number of anilines is 2. The van der Waals surface area contributed by atoms with Crippen molar-refractivity contribution in [1.82, 2.24) is 4.98 Å². The van der Waals surface area contributed by atoms with Gasteiger partial charge in [-0.25, -0.2) is 19.6 Å². The number of nitrogens with two attached hydrogens (primary N) is 1. The SMILES string of the molecule is COC1(C)CCCN(c2nc(NN)c(F)cc2F)C1.